The highest BCUT2D eigenvalue weighted by Crippen LogP contribution is 2.40. The topological polar surface area (TPSA) is 73.0 Å². The molecule has 1 saturated heterocycles. The minimum atomic E-state index is -0.659. The van der Waals surface area contributed by atoms with Gasteiger partial charge in [-0.15, -0.1) is 0 Å². The van der Waals surface area contributed by atoms with E-state index in [-0.39, 0.29) is 29.5 Å². The van der Waals surface area contributed by atoms with Crippen LogP contribution in [0.15, 0.2) is 48.5 Å². The molecule has 0 radical (unpaired) electrons. The van der Waals surface area contributed by atoms with E-state index in [4.69, 9.17) is 0 Å². The summed E-state index contributed by atoms with van der Waals surface area (Å²) < 4.78 is 39.4. The number of carbonyl (C=O) groups excluding carboxylic acids is 2. The van der Waals surface area contributed by atoms with Crippen molar-refractivity contribution < 1.29 is 22.6 Å². The van der Waals surface area contributed by atoms with Crippen molar-refractivity contribution in [2.45, 2.75) is 37.3 Å². The molecule has 10 heteroatoms. The highest BCUT2D eigenvalue weighted by molar-refractivity contribution is 7.63. The summed E-state index contributed by atoms with van der Waals surface area (Å²) in [4.78, 5) is 29.7. The summed E-state index contributed by atoms with van der Waals surface area (Å²) in [7, 11) is 1.61. The maximum atomic E-state index is 13.5. The van der Waals surface area contributed by atoms with Gasteiger partial charge in [-0.25, -0.2) is 17.3 Å². The van der Waals surface area contributed by atoms with Crippen molar-refractivity contribution in [3.05, 3.63) is 71.3 Å². The lowest BCUT2D eigenvalue weighted by Crippen LogP contribution is -2.54. The van der Waals surface area contributed by atoms with E-state index in [2.05, 4.69) is 5.32 Å². The van der Waals surface area contributed by atoms with Crippen molar-refractivity contribution in [2.75, 3.05) is 39.8 Å². The fourth-order valence-corrected chi connectivity index (χ4v) is 5.05. The normalized spacial score (nSPS) is 20.7. The third kappa shape index (κ3) is 6.54. The number of amides is 2. The second-order valence-corrected chi connectivity index (χ2v) is 10.1. The Hall–Kier alpha value is -2.69. The number of hydrogen-bond donors (Lipinski definition) is 2. The number of likely N-dealkylation sites (N-methyl/N-ethyl adjacent to an activating group) is 1. The molecule has 2 aromatic carbocycles. The lowest BCUT2D eigenvalue weighted by molar-refractivity contribution is -0.137. The summed E-state index contributed by atoms with van der Waals surface area (Å²) in [6.45, 7) is 2.60. The van der Waals surface area contributed by atoms with E-state index in [1.807, 2.05) is 12.1 Å². The lowest BCUT2D eigenvalue weighted by Gasteiger charge is -2.36. The van der Waals surface area contributed by atoms with Gasteiger partial charge in [0.2, 0.25) is 5.91 Å². The number of rotatable bonds is 10. The molecule has 1 N–H and O–H groups in total. The van der Waals surface area contributed by atoms with Gasteiger partial charge in [-0.3, -0.25) is 9.59 Å². The van der Waals surface area contributed by atoms with Crippen molar-refractivity contribution in [1.29, 1.82) is 0 Å². The molecule has 36 heavy (non-hydrogen) atoms. The second kappa shape index (κ2) is 12.0. The van der Waals surface area contributed by atoms with Crippen LogP contribution in [0.4, 0.5) is 8.78 Å². The van der Waals surface area contributed by atoms with Crippen LogP contribution in [0.3, 0.4) is 0 Å². The number of nitrogens with zero attached hydrogens (tertiary/aromatic N) is 3. The molecule has 0 bridgehead atoms. The predicted octanol–water partition coefficient (Wildman–Crippen LogP) is 2.34. The highest BCUT2D eigenvalue weighted by Gasteiger charge is 2.38. The van der Waals surface area contributed by atoms with Crippen molar-refractivity contribution >= 4 is 23.7 Å². The Morgan fingerprint density at radius 2 is 1.64 bits per heavy atom. The quantitative estimate of drug-likeness (QED) is 0.374. The minimum Gasteiger partial charge on any atom is -0.338 e. The molecule has 3 atom stereocenters. The fourth-order valence-electron chi connectivity index (χ4n) is 4.71. The number of hydrogen-bond acceptors (Lipinski definition) is 4. The predicted molar refractivity (Wildman–Crippen MR) is 135 cm³/mol. The number of halogens is 2. The van der Waals surface area contributed by atoms with E-state index < -0.39 is 11.9 Å². The standard InChI is InChI=1S/C26H32F2N4O3S/c1-30(25(33)19-6-10-21(28)11-7-19)24(26(34)31-13-15-32(36-35)16-14-31)3-2-12-29-23-17-22(23)18-4-8-20(27)9-5-18/h4-11,22-24,29,36H,2-3,12-17H2,1H3/t22-,23+,24-/m0/s1. The second-order valence-electron chi connectivity index (χ2n) is 9.40. The zero-order valence-corrected chi connectivity index (χ0v) is 21.2. The van der Waals surface area contributed by atoms with Crippen LogP contribution < -0.4 is 5.32 Å². The van der Waals surface area contributed by atoms with Gasteiger partial charge in [-0.1, -0.05) is 12.1 Å². The Balaban J connectivity index is 1.35. The molecule has 2 fully saturated rings. The Morgan fingerprint density at radius 3 is 2.25 bits per heavy atom. The molecule has 0 aromatic heterocycles. The molecule has 2 amide bonds. The Morgan fingerprint density at radius 1 is 1.03 bits per heavy atom. The summed E-state index contributed by atoms with van der Waals surface area (Å²) in [6.07, 6.45) is 2.15. The smallest absolute Gasteiger partial charge is 0.254 e. The van der Waals surface area contributed by atoms with Gasteiger partial charge in [0.15, 0.2) is 0 Å². The van der Waals surface area contributed by atoms with Crippen LogP contribution >= 0.6 is 0 Å². The molecule has 0 unspecified atom stereocenters. The minimum absolute atomic E-state index is 0.0525. The molecule has 4 rings (SSSR count). The zero-order valence-electron chi connectivity index (χ0n) is 20.3. The van der Waals surface area contributed by atoms with E-state index in [9.17, 15) is 22.6 Å². The number of carbonyl (C=O) groups is 2. The van der Waals surface area contributed by atoms with Crippen molar-refractivity contribution in [3.63, 3.8) is 0 Å². The van der Waals surface area contributed by atoms with E-state index in [0.29, 0.717) is 63.1 Å². The van der Waals surface area contributed by atoms with Crippen LogP contribution in [0.1, 0.15) is 41.1 Å². The number of benzene rings is 2. The Labute approximate surface area is 214 Å². The average molecular weight is 519 g/mol. The maximum absolute atomic E-state index is 13.5. The van der Waals surface area contributed by atoms with Gasteiger partial charge in [0.1, 0.15) is 17.7 Å². The van der Waals surface area contributed by atoms with Gasteiger partial charge < -0.3 is 15.1 Å². The first-order chi connectivity index (χ1) is 17.4. The molecule has 1 aliphatic carbocycles. The molecular weight excluding hydrogens is 486 g/mol. The van der Waals surface area contributed by atoms with E-state index in [1.165, 1.54) is 41.3 Å². The third-order valence-corrected chi connectivity index (χ3v) is 7.63. The average Bonchev–Trinajstić information content (AvgIpc) is 3.68. The van der Waals surface area contributed by atoms with Crippen LogP contribution in [0.2, 0.25) is 0 Å². The number of thiol groups is 1. The van der Waals surface area contributed by atoms with Crippen LogP contribution in [0.5, 0.6) is 0 Å². The summed E-state index contributed by atoms with van der Waals surface area (Å²) in [5.41, 5.74) is 1.44. The highest BCUT2D eigenvalue weighted by atomic mass is 32.2. The third-order valence-electron chi connectivity index (χ3n) is 7.00. The summed E-state index contributed by atoms with van der Waals surface area (Å²) in [5.74, 6) is -0.778. The van der Waals surface area contributed by atoms with Gasteiger partial charge >= 0.3 is 0 Å². The molecular formula is C26H32F2N4O3S. The first kappa shape index (κ1) is 26.4. The largest absolute Gasteiger partial charge is 0.338 e. The summed E-state index contributed by atoms with van der Waals surface area (Å²) in [5, 5.41) is 3.51. The number of piperazine rings is 1. The van der Waals surface area contributed by atoms with Crippen molar-refractivity contribution in [2.24, 2.45) is 0 Å². The van der Waals surface area contributed by atoms with Gasteiger partial charge in [0.05, 0.1) is 11.9 Å². The van der Waals surface area contributed by atoms with E-state index >= 15 is 0 Å². The Bertz CT molecular complexity index is 1060. The van der Waals surface area contributed by atoms with Gasteiger partial charge in [-0.2, -0.15) is 0 Å². The van der Waals surface area contributed by atoms with Crippen LogP contribution in [-0.2, 0) is 16.6 Å². The van der Waals surface area contributed by atoms with Crippen molar-refractivity contribution in [1.82, 2.24) is 19.4 Å². The summed E-state index contributed by atoms with van der Waals surface area (Å²) >= 11 is -0.0525. The van der Waals surface area contributed by atoms with E-state index in [0.717, 1.165) is 12.0 Å². The van der Waals surface area contributed by atoms with Gasteiger partial charge in [-0.05, 0) is 67.8 Å². The Kier molecular flexibility index (Phi) is 8.81. The molecule has 194 valence electrons. The molecule has 1 saturated carbocycles. The SMILES string of the molecule is CN(C(=O)c1ccc(F)cc1)[C@@H](CCCN[C@@H]1C[C@H]1c1ccc(F)cc1)C(=O)N1CCN([SH]=O)CC1. The summed E-state index contributed by atoms with van der Waals surface area (Å²) in [6, 6.07) is 11.6. The van der Waals surface area contributed by atoms with Crippen LogP contribution in [0, 0.1) is 11.6 Å². The first-order valence-electron chi connectivity index (χ1n) is 12.3. The van der Waals surface area contributed by atoms with Gasteiger partial charge in [0, 0.05) is 50.7 Å². The van der Waals surface area contributed by atoms with Gasteiger partial charge in [0.25, 0.3) is 5.91 Å². The molecule has 2 aromatic rings. The number of nitrogens with one attached hydrogen (secondary N) is 1. The lowest BCUT2D eigenvalue weighted by atomic mass is 10.1. The maximum Gasteiger partial charge on any atom is 0.254 e. The molecule has 1 aliphatic heterocycles. The molecule has 7 nitrogen and oxygen atoms in total. The molecule has 1 heterocycles. The molecule has 0 spiro atoms. The monoisotopic (exact) mass is 518 g/mol. The molecule has 2 aliphatic rings. The first-order valence-corrected chi connectivity index (χ1v) is 13.0. The van der Waals surface area contributed by atoms with Crippen LogP contribution in [0.25, 0.3) is 0 Å². The van der Waals surface area contributed by atoms with Crippen LogP contribution in [-0.4, -0.2) is 82.0 Å². The van der Waals surface area contributed by atoms with E-state index in [1.54, 1.807) is 16.3 Å². The fraction of sp³-hybridized carbons (Fsp3) is 0.462. The zero-order chi connectivity index (χ0) is 25.7. The van der Waals surface area contributed by atoms with Crippen molar-refractivity contribution in [3.8, 4) is 0 Å².